The number of thiophene rings is 1. The van der Waals surface area contributed by atoms with Gasteiger partial charge in [0.1, 0.15) is 10.7 Å². The molecular weight excluding hydrogens is 317 g/mol. The van der Waals surface area contributed by atoms with Gasteiger partial charge in [-0.25, -0.2) is 9.18 Å². The first-order valence-corrected chi connectivity index (χ1v) is 8.19. The number of carbonyl (C=O) groups is 2. The number of benzene rings is 1. The number of rotatable bonds is 7. The molecule has 1 amide bonds. The number of hydrogen-bond donors (Lipinski definition) is 1. The minimum absolute atomic E-state index is 0.148. The highest BCUT2D eigenvalue weighted by Crippen LogP contribution is 2.19. The highest BCUT2D eigenvalue weighted by atomic mass is 32.1. The molecule has 0 fully saturated rings. The normalized spacial score (nSPS) is 10.5. The van der Waals surface area contributed by atoms with Crippen molar-refractivity contribution >= 4 is 23.2 Å². The zero-order chi connectivity index (χ0) is 16.8. The van der Waals surface area contributed by atoms with Crippen molar-refractivity contribution in [3.05, 3.63) is 57.5 Å². The molecule has 1 aromatic heterocycles. The van der Waals surface area contributed by atoms with Crippen LogP contribution < -0.4 is 0 Å². The molecule has 1 N–H and O–H groups in total. The second-order valence-corrected chi connectivity index (χ2v) is 6.22. The topological polar surface area (TPSA) is 57.6 Å². The van der Waals surface area contributed by atoms with Crippen LogP contribution >= 0.6 is 11.3 Å². The Hall–Kier alpha value is -2.21. The van der Waals surface area contributed by atoms with Crippen LogP contribution in [0.25, 0.3) is 0 Å². The first-order chi connectivity index (χ1) is 11.0. The summed E-state index contributed by atoms with van der Waals surface area (Å²) in [6, 6.07) is 9.30. The summed E-state index contributed by atoms with van der Waals surface area (Å²) in [7, 11) is 0. The fourth-order valence-electron chi connectivity index (χ4n) is 2.26. The van der Waals surface area contributed by atoms with Crippen LogP contribution in [0.3, 0.4) is 0 Å². The van der Waals surface area contributed by atoms with Crippen LogP contribution in [0.15, 0.2) is 36.4 Å². The maximum Gasteiger partial charge on any atom is 0.345 e. The Bertz CT molecular complexity index is 699. The lowest BCUT2D eigenvalue weighted by molar-refractivity contribution is 0.0701. The van der Waals surface area contributed by atoms with Crippen molar-refractivity contribution in [1.29, 1.82) is 0 Å². The fourth-order valence-corrected chi connectivity index (χ4v) is 3.08. The zero-order valence-electron chi connectivity index (χ0n) is 12.8. The van der Waals surface area contributed by atoms with E-state index in [9.17, 15) is 14.0 Å². The van der Waals surface area contributed by atoms with Crippen molar-refractivity contribution in [1.82, 2.24) is 4.90 Å². The molecule has 0 aliphatic rings. The summed E-state index contributed by atoms with van der Waals surface area (Å²) in [6.07, 6.45) is 1.35. The Balaban J connectivity index is 2.07. The van der Waals surface area contributed by atoms with Crippen molar-refractivity contribution in [3.8, 4) is 0 Å². The van der Waals surface area contributed by atoms with Gasteiger partial charge in [-0.15, -0.1) is 11.3 Å². The average molecular weight is 335 g/mol. The summed E-state index contributed by atoms with van der Waals surface area (Å²) in [4.78, 5) is 25.7. The van der Waals surface area contributed by atoms with Gasteiger partial charge in [-0.3, -0.25) is 4.79 Å². The van der Waals surface area contributed by atoms with Crippen LogP contribution in [0.2, 0.25) is 0 Å². The minimum Gasteiger partial charge on any atom is -0.477 e. The largest absolute Gasteiger partial charge is 0.477 e. The summed E-state index contributed by atoms with van der Waals surface area (Å²) in [6.45, 7) is 3.02. The van der Waals surface area contributed by atoms with E-state index in [-0.39, 0.29) is 16.6 Å². The molecule has 0 saturated heterocycles. The van der Waals surface area contributed by atoms with Gasteiger partial charge in [0.15, 0.2) is 0 Å². The Labute approximate surface area is 138 Å². The second kappa shape index (κ2) is 7.87. The van der Waals surface area contributed by atoms with Crippen LogP contribution in [0.5, 0.6) is 0 Å². The third-order valence-electron chi connectivity index (χ3n) is 3.37. The molecule has 0 aliphatic carbocycles. The Morgan fingerprint density at radius 2 is 1.91 bits per heavy atom. The van der Waals surface area contributed by atoms with Gasteiger partial charge >= 0.3 is 5.97 Å². The lowest BCUT2D eigenvalue weighted by Crippen LogP contribution is -2.33. The third-order valence-corrected chi connectivity index (χ3v) is 4.43. The number of nitrogens with zero attached hydrogens (tertiary/aromatic N) is 1. The quantitative estimate of drug-likeness (QED) is 0.840. The van der Waals surface area contributed by atoms with E-state index < -0.39 is 5.97 Å². The van der Waals surface area contributed by atoms with E-state index in [0.29, 0.717) is 24.4 Å². The minimum atomic E-state index is -1.03. The molecule has 2 aromatic rings. The molecule has 122 valence electrons. The van der Waals surface area contributed by atoms with Gasteiger partial charge in [-0.1, -0.05) is 19.1 Å². The molecule has 0 aliphatic heterocycles. The van der Waals surface area contributed by atoms with Crippen molar-refractivity contribution in [2.45, 2.75) is 19.8 Å². The van der Waals surface area contributed by atoms with Crippen molar-refractivity contribution in [3.63, 3.8) is 0 Å². The number of aromatic carboxylic acids is 1. The van der Waals surface area contributed by atoms with E-state index in [2.05, 4.69) is 0 Å². The zero-order valence-corrected chi connectivity index (χ0v) is 13.6. The van der Waals surface area contributed by atoms with Crippen LogP contribution in [-0.4, -0.2) is 35.0 Å². The fraction of sp³-hybridized carbons (Fsp3) is 0.294. The summed E-state index contributed by atoms with van der Waals surface area (Å²) < 4.78 is 13.2. The molecule has 0 unspecified atom stereocenters. The highest BCUT2D eigenvalue weighted by Gasteiger charge is 2.18. The maximum absolute atomic E-state index is 13.2. The Kier molecular flexibility index (Phi) is 5.87. The standard InChI is InChI=1S/C17H18FNO3S/c1-2-9-19(10-8-12-4-3-5-13(18)11-12)16(20)14-6-7-15(23-14)17(21)22/h3-7,11H,2,8-10H2,1H3,(H,21,22). The van der Waals surface area contributed by atoms with Crippen molar-refractivity contribution < 1.29 is 19.1 Å². The monoisotopic (exact) mass is 335 g/mol. The van der Waals surface area contributed by atoms with Crippen LogP contribution in [0, 0.1) is 5.82 Å². The lowest BCUT2D eigenvalue weighted by Gasteiger charge is -2.21. The lowest BCUT2D eigenvalue weighted by atomic mass is 10.1. The van der Waals surface area contributed by atoms with E-state index in [1.165, 1.54) is 18.2 Å². The smallest absolute Gasteiger partial charge is 0.345 e. The van der Waals surface area contributed by atoms with Gasteiger partial charge in [0.05, 0.1) is 4.88 Å². The number of hydrogen-bond acceptors (Lipinski definition) is 3. The van der Waals surface area contributed by atoms with Crippen molar-refractivity contribution in [2.75, 3.05) is 13.1 Å². The number of carbonyl (C=O) groups excluding carboxylic acids is 1. The first-order valence-electron chi connectivity index (χ1n) is 7.38. The molecule has 1 heterocycles. The SMILES string of the molecule is CCCN(CCc1cccc(F)c1)C(=O)c1ccc(C(=O)O)s1. The van der Waals surface area contributed by atoms with Gasteiger partial charge in [0.25, 0.3) is 5.91 Å². The molecule has 1 aromatic carbocycles. The second-order valence-electron chi connectivity index (χ2n) is 5.14. The van der Waals surface area contributed by atoms with E-state index in [1.807, 2.05) is 13.0 Å². The Morgan fingerprint density at radius 1 is 1.17 bits per heavy atom. The first kappa shape index (κ1) is 17.1. The van der Waals surface area contributed by atoms with Crippen molar-refractivity contribution in [2.24, 2.45) is 0 Å². The van der Waals surface area contributed by atoms with Gasteiger partial charge in [0.2, 0.25) is 0 Å². The molecule has 0 bridgehead atoms. The molecule has 23 heavy (non-hydrogen) atoms. The molecule has 4 nitrogen and oxygen atoms in total. The molecule has 0 spiro atoms. The summed E-state index contributed by atoms with van der Waals surface area (Å²) in [5.41, 5.74) is 0.830. The van der Waals surface area contributed by atoms with Gasteiger partial charge in [0, 0.05) is 13.1 Å². The van der Waals surface area contributed by atoms with Crippen LogP contribution in [0.4, 0.5) is 4.39 Å². The number of carboxylic acids is 1. The van der Waals surface area contributed by atoms with Gasteiger partial charge in [-0.05, 0) is 42.7 Å². The van der Waals surface area contributed by atoms with E-state index in [4.69, 9.17) is 5.11 Å². The predicted molar refractivity (Wildman–Crippen MR) is 87.6 cm³/mol. The molecular formula is C17H18FNO3S. The van der Waals surface area contributed by atoms with Gasteiger partial charge < -0.3 is 10.0 Å². The predicted octanol–water partition coefficient (Wildman–Crippen LogP) is 3.68. The molecule has 0 atom stereocenters. The summed E-state index contributed by atoms with van der Waals surface area (Å²) >= 11 is 0.977. The van der Waals surface area contributed by atoms with Crippen LogP contribution in [-0.2, 0) is 6.42 Å². The number of halogens is 1. The molecule has 0 saturated carbocycles. The maximum atomic E-state index is 13.2. The van der Waals surface area contributed by atoms with Crippen LogP contribution in [0.1, 0.15) is 38.3 Å². The number of carboxylic acid groups (broad SMARTS) is 1. The van der Waals surface area contributed by atoms with Gasteiger partial charge in [-0.2, -0.15) is 0 Å². The Morgan fingerprint density at radius 3 is 2.52 bits per heavy atom. The summed E-state index contributed by atoms with van der Waals surface area (Å²) in [5.74, 6) is -1.50. The van der Waals surface area contributed by atoms with E-state index in [1.54, 1.807) is 17.0 Å². The molecule has 2 rings (SSSR count). The highest BCUT2D eigenvalue weighted by molar-refractivity contribution is 7.15. The average Bonchev–Trinajstić information content (AvgIpc) is 3.01. The molecule has 6 heteroatoms. The number of amides is 1. The third kappa shape index (κ3) is 4.63. The molecule has 0 radical (unpaired) electrons. The van der Waals surface area contributed by atoms with E-state index >= 15 is 0 Å². The van der Waals surface area contributed by atoms with E-state index in [0.717, 1.165) is 23.3 Å². The summed E-state index contributed by atoms with van der Waals surface area (Å²) in [5, 5.41) is 8.95.